The van der Waals surface area contributed by atoms with E-state index in [0.717, 1.165) is 36.4 Å². The molecule has 4 aromatic rings. The number of aromatic nitrogens is 3. The van der Waals surface area contributed by atoms with Crippen molar-refractivity contribution in [2.75, 3.05) is 30.3 Å². The number of thiazole rings is 1. The van der Waals surface area contributed by atoms with Crippen molar-refractivity contribution in [2.45, 2.75) is 23.7 Å². The van der Waals surface area contributed by atoms with Crippen molar-refractivity contribution in [1.29, 1.82) is 0 Å². The van der Waals surface area contributed by atoms with E-state index in [1.54, 1.807) is 35.7 Å². The molecule has 5 rings (SSSR count). The Balaban J connectivity index is 1.36. The summed E-state index contributed by atoms with van der Waals surface area (Å²) in [5.74, 6) is -0.310. The molecular formula is C21H22N6O3S3. The summed E-state index contributed by atoms with van der Waals surface area (Å²) >= 11 is 2.47. The van der Waals surface area contributed by atoms with Gasteiger partial charge >= 0.3 is 0 Å². The van der Waals surface area contributed by atoms with Crippen molar-refractivity contribution in [2.24, 2.45) is 0 Å². The van der Waals surface area contributed by atoms with Gasteiger partial charge < -0.3 is 4.90 Å². The molecule has 0 atom stereocenters. The van der Waals surface area contributed by atoms with Crippen LogP contribution in [0.5, 0.6) is 0 Å². The average molecular weight is 503 g/mol. The first-order valence-electron chi connectivity index (χ1n) is 10.3. The molecule has 0 bridgehead atoms. The Kier molecular flexibility index (Phi) is 5.69. The fourth-order valence-corrected chi connectivity index (χ4v) is 6.98. The van der Waals surface area contributed by atoms with Crippen LogP contribution < -0.4 is 9.62 Å². The van der Waals surface area contributed by atoms with Gasteiger partial charge in [-0.2, -0.15) is 5.10 Å². The molecule has 33 heavy (non-hydrogen) atoms. The highest BCUT2D eigenvalue weighted by Gasteiger charge is 2.23. The molecule has 12 heteroatoms. The van der Waals surface area contributed by atoms with E-state index in [9.17, 15) is 13.2 Å². The molecule has 0 radical (unpaired) electrons. The van der Waals surface area contributed by atoms with E-state index in [-0.39, 0.29) is 10.1 Å². The monoisotopic (exact) mass is 502 g/mol. The van der Waals surface area contributed by atoms with Crippen LogP contribution in [0.15, 0.2) is 46.0 Å². The van der Waals surface area contributed by atoms with Gasteiger partial charge in [-0.3, -0.25) is 19.1 Å². The first-order valence-corrected chi connectivity index (χ1v) is 13.4. The molecule has 1 aliphatic heterocycles. The van der Waals surface area contributed by atoms with E-state index in [0.29, 0.717) is 22.0 Å². The van der Waals surface area contributed by atoms with Crippen LogP contribution in [0.1, 0.15) is 22.6 Å². The number of thiophene rings is 1. The number of carbonyl (C=O) groups excluding carboxylic acids is 1. The normalized spacial score (nSPS) is 14.7. The lowest BCUT2D eigenvalue weighted by Crippen LogP contribution is -2.25. The van der Waals surface area contributed by atoms with Crippen LogP contribution in [0, 0.1) is 0 Å². The molecule has 0 aliphatic carbocycles. The summed E-state index contributed by atoms with van der Waals surface area (Å²) < 4.78 is 29.8. The van der Waals surface area contributed by atoms with Crippen LogP contribution >= 0.6 is 22.7 Å². The lowest BCUT2D eigenvalue weighted by molar-refractivity contribution is 0.102. The molecule has 0 fully saturated rings. The molecule has 1 aliphatic rings. The predicted octanol–water partition coefficient (Wildman–Crippen LogP) is 3.47. The highest BCUT2D eigenvalue weighted by Crippen LogP contribution is 2.32. The van der Waals surface area contributed by atoms with E-state index in [1.165, 1.54) is 34.0 Å². The maximum Gasteiger partial charge on any atom is 0.277 e. The first-order chi connectivity index (χ1) is 15.8. The molecule has 3 aromatic heterocycles. The third-order valence-electron chi connectivity index (χ3n) is 5.50. The van der Waals surface area contributed by atoms with Gasteiger partial charge in [0.2, 0.25) is 0 Å². The molecule has 0 unspecified atom stereocenters. The SMILES string of the molecule is CN1CCCn2nc(C(=O)Nc3nc4ccc(N(C)S(=O)(=O)c5cccs5)cc4s3)cc2C1. The zero-order valence-electron chi connectivity index (χ0n) is 18.1. The van der Waals surface area contributed by atoms with Crippen LogP contribution in [0.4, 0.5) is 10.8 Å². The zero-order valence-corrected chi connectivity index (χ0v) is 20.5. The van der Waals surface area contributed by atoms with Gasteiger partial charge in [0.15, 0.2) is 10.8 Å². The molecule has 0 saturated heterocycles. The number of amides is 1. The third-order valence-corrected chi connectivity index (χ3v) is 9.60. The van der Waals surface area contributed by atoms with Crippen molar-refractivity contribution in [3.05, 3.63) is 53.2 Å². The van der Waals surface area contributed by atoms with Crippen molar-refractivity contribution in [3.8, 4) is 0 Å². The van der Waals surface area contributed by atoms with Crippen LogP contribution in [0.2, 0.25) is 0 Å². The van der Waals surface area contributed by atoms with Crippen LogP contribution in [-0.4, -0.2) is 54.6 Å². The van der Waals surface area contributed by atoms with Crippen molar-refractivity contribution < 1.29 is 13.2 Å². The number of nitrogens with zero attached hydrogens (tertiary/aromatic N) is 5. The maximum atomic E-state index is 12.8. The number of anilines is 2. The number of aryl methyl sites for hydroxylation is 1. The summed E-state index contributed by atoms with van der Waals surface area (Å²) in [6.07, 6.45) is 0.989. The van der Waals surface area contributed by atoms with Gasteiger partial charge in [0.1, 0.15) is 4.21 Å². The summed E-state index contributed by atoms with van der Waals surface area (Å²) in [5.41, 5.74) is 2.59. The minimum absolute atomic E-state index is 0.284. The minimum atomic E-state index is -3.62. The van der Waals surface area contributed by atoms with E-state index >= 15 is 0 Å². The predicted molar refractivity (Wildman–Crippen MR) is 131 cm³/mol. The highest BCUT2D eigenvalue weighted by atomic mass is 32.2. The number of nitrogens with one attached hydrogen (secondary N) is 1. The van der Waals surface area contributed by atoms with Gasteiger partial charge in [-0.15, -0.1) is 11.3 Å². The summed E-state index contributed by atoms with van der Waals surface area (Å²) in [6.45, 7) is 2.55. The smallest absolute Gasteiger partial charge is 0.277 e. The number of fused-ring (bicyclic) bond motifs is 2. The fourth-order valence-electron chi connectivity index (χ4n) is 3.74. The van der Waals surface area contributed by atoms with Crippen molar-refractivity contribution in [1.82, 2.24) is 19.7 Å². The summed E-state index contributed by atoms with van der Waals surface area (Å²) in [6, 6.07) is 10.4. The molecule has 0 saturated carbocycles. The largest absolute Gasteiger partial charge is 0.300 e. The standard InChI is InChI=1S/C21H22N6O3S3/c1-25-8-4-9-27-15(13-25)11-17(24-27)20(28)23-21-22-16-7-6-14(12-18(16)32-21)26(2)33(29,30)19-5-3-10-31-19/h3,5-7,10-12H,4,8-9,13H2,1-2H3,(H,22,23,28). The maximum absolute atomic E-state index is 12.8. The number of hydrogen-bond donors (Lipinski definition) is 1. The number of hydrogen-bond acceptors (Lipinski definition) is 8. The van der Waals surface area contributed by atoms with Crippen LogP contribution in [-0.2, 0) is 23.1 Å². The Bertz CT molecular complexity index is 1420. The second kappa shape index (κ2) is 8.52. The highest BCUT2D eigenvalue weighted by molar-refractivity contribution is 7.94. The van der Waals surface area contributed by atoms with Crippen LogP contribution in [0.3, 0.4) is 0 Å². The Hall–Kier alpha value is -2.80. The molecule has 172 valence electrons. The third kappa shape index (κ3) is 4.26. The summed E-state index contributed by atoms with van der Waals surface area (Å²) in [7, 11) is -0.0373. The lowest BCUT2D eigenvalue weighted by atomic mass is 10.3. The van der Waals surface area contributed by atoms with Gasteiger partial charge in [0.05, 0.1) is 21.6 Å². The molecule has 4 heterocycles. The number of rotatable bonds is 5. The van der Waals surface area contributed by atoms with E-state index in [2.05, 4.69) is 27.3 Å². The number of sulfonamides is 1. The molecule has 0 spiro atoms. The second-order valence-corrected chi connectivity index (χ2v) is 12.0. The molecule has 9 nitrogen and oxygen atoms in total. The van der Waals surface area contributed by atoms with E-state index < -0.39 is 10.0 Å². The van der Waals surface area contributed by atoms with Gasteiger partial charge in [0.25, 0.3) is 15.9 Å². The van der Waals surface area contributed by atoms with Crippen LogP contribution in [0.25, 0.3) is 10.2 Å². The molecule has 1 N–H and O–H groups in total. The van der Waals surface area contributed by atoms with Gasteiger partial charge in [-0.25, -0.2) is 13.4 Å². The Morgan fingerprint density at radius 1 is 1.21 bits per heavy atom. The molecule has 1 aromatic carbocycles. The minimum Gasteiger partial charge on any atom is -0.300 e. The Morgan fingerprint density at radius 2 is 2.06 bits per heavy atom. The second-order valence-electron chi connectivity index (χ2n) is 7.87. The topological polar surface area (TPSA) is 100 Å². The summed E-state index contributed by atoms with van der Waals surface area (Å²) in [4.78, 5) is 19.5. The average Bonchev–Trinajstić information content (AvgIpc) is 3.51. The van der Waals surface area contributed by atoms with Gasteiger partial charge in [-0.05, 0) is 49.2 Å². The summed E-state index contributed by atoms with van der Waals surface area (Å²) in [5, 5.41) is 9.48. The molecular weight excluding hydrogens is 480 g/mol. The fraction of sp³-hybridized carbons (Fsp3) is 0.286. The van der Waals surface area contributed by atoms with Crippen molar-refractivity contribution in [3.63, 3.8) is 0 Å². The number of carbonyl (C=O) groups is 1. The van der Waals surface area contributed by atoms with E-state index in [1.807, 2.05) is 10.7 Å². The quantitative estimate of drug-likeness (QED) is 0.449. The lowest BCUT2D eigenvalue weighted by Gasteiger charge is -2.18. The van der Waals surface area contributed by atoms with Gasteiger partial charge in [-0.1, -0.05) is 17.4 Å². The van der Waals surface area contributed by atoms with E-state index in [4.69, 9.17) is 0 Å². The Morgan fingerprint density at radius 3 is 2.85 bits per heavy atom. The van der Waals surface area contributed by atoms with Gasteiger partial charge in [0, 0.05) is 26.7 Å². The molecule has 1 amide bonds. The number of benzene rings is 1. The van der Waals surface area contributed by atoms with Crippen molar-refractivity contribution >= 4 is 59.6 Å². The Labute approximate surface area is 199 Å². The first kappa shape index (κ1) is 22.0. The zero-order chi connectivity index (χ0) is 23.2.